The highest BCUT2D eigenvalue weighted by molar-refractivity contribution is 6.22. The zero-order chi connectivity index (χ0) is 41.7. The van der Waals surface area contributed by atoms with Gasteiger partial charge in [0.1, 0.15) is 0 Å². The monoisotopic (exact) mass is 799 g/mol. The van der Waals surface area contributed by atoms with E-state index in [1.54, 1.807) is 0 Å². The fourth-order valence-corrected chi connectivity index (χ4v) is 9.76. The summed E-state index contributed by atoms with van der Waals surface area (Å²) in [6.07, 6.45) is 0. The Morgan fingerprint density at radius 1 is 0.190 bits per heavy atom. The molecule has 0 aliphatic rings. The summed E-state index contributed by atoms with van der Waals surface area (Å²) in [6, 6.07) is 91.1. The molecule has 63 heavy (non-hydrogen) atoms. The molecule has 0 N–H and O–H groups in total. The third-order valence-corrected chi connectivity index (χ3v) is 12.8. The first-order valence-electron chi connectivity index (χ1n) is 21.7. The smallest absolute Gasteiger partial charge is 0.0468 e. The SMILES string of the molecule is c1ccc(-c2c(-c3ccccc3)c3cc(-c4cccc(N(c5ccc(-c6ccc7c(ccc8ccccc87)c6)cc5)c5ccc6ccccc6c5)c4)ccc3c3ccccc23)cc1. The fraction of sp³-hybridized carbons (Fsp3) is 0. The summed E-state index contributed by atoms with van der Waals surface area (Å²) in [6.45, 7) is 0. The molecule has 0 fully saturated rings. The van der Waals surface area contributed by atoms with Gasteiger partial charge in [0.2, 0.25) is 0 Å². The average Bonchev–Trinajstić information content (AvgIpc) is 3.36. The van der Waals surface area contributed by atoms with Gasteiger partial charge in [0.25, 0.3) is 0 Å². The Bertz CT molecular complexity index is 3660. The summed E-state index contributed by atoms with van der Waals surface area (Å²) in [5, 5.41) is 12.5. The van der Waals surface area contributed by atoms with E-state index in [0.717, 1.165) is 22.6 Å². The topological polar surface area (TPSA) is 3.24 Å². The Labute approximate surface area is 367 Å². The quantitative estimate of drug-likeness (QED) is 0.145. The minimum Gasteiger partial charge on any atom is -0.310 e. The van der Waals surface area contributed by atoms with Crippen LogP contribution < -0.4 is 4.90 Å². The second-order valence-corrected chi connectivity index (χ2v) is 16.5. The van der Waals surface area contributed by atoms with Crippen LogP contribution in [0, 0.1) is 0 Å². The van der Waals surface area contributed by atoms with Crippen molar-refractivity contribution in [3.05, 3.63) is 249 Å². The summed E-state index contributed by atoms with van der Waals surface area (Å²) in [5.74, 6) is 0. The van der Waals surface area contributed by atoms with Crippen LogP contribution in [-0.4, -0.2) is 0 Å². The van der Waals surface area contributed by atoms with Gasteiger partial charge in [-0.1, -0.05) is 200 Å². The van der Waals surface area contributed by atoms with Gasteiger partial charge in [0, 0.05) is 17.1 Å². The van der Waals surface area contributed by atoms with Crippen molar-refractivity contribution < 1.29 is 0 Å². The maximum Gasteiger partial charge on any atom is 0.0468 e. The van der Waals surface area contributed by atoms with E-state index in [1.165, 1.54) is 92.8 Å². The minimum absolute atomic E-state index is 1.10. The van der Waals surface area contributed by atoms with Gasteiger partial charge in [0.05, 0.1) is 0 Å². The molecule has 0 aliphatic heterocycles. The normalized spacial score (nSPS) is 11.5. The molecule has 0 bridgehead atoms. The van der Waals surface area contributed by atoms with Crippen LogP contribution in [0.2, 0.25) is 0 Å². The number of rotatable bonds is 7. The lowest BCUT2D eigenvalue weighted by Crippen LogP contribution is -2.10. The molecule has 0 spiro atoms. The van der Waals surface area contributed by atoms with E-state index in [1.807, 2.05) is 0 Å². The maximum atomic E-state index is 2.41. The first-order valence-corrected chi connectivity index (χ1v) is 21.7. The van der Waals surface area contributed by atoms with Crippen LogP contribution in [0.25, 0.3) is 98.4 Å². The largest absolute Gasteiger partial charge is 0.310 e. The summed E-state index contributed by atoms with van der Waals surface area (Å²) < 4.78 is 0. The van der Waals surface area contributed by atoms with E-state index in [9.17, 15) is 0 Å². The van der Waals surface area contributed by atoms with Crippen LogP contribution in [0.4, 0.5) is 17.1 Å². The number of fused-ring (bicyclic) bond motifs is 7. The fourth-order valence-electron chi connectivity index (χ4n) is 9.76. The molecule has 0 saturated carbocycles. The van der Waals surface area contributed by atoms with E-state index < -0.39 is 0 Å². The van der Waals surface area contributed by atoms with Crippen molar-refractivity contribution >= 4 is 70.9 Å². The first kappa shape index (κ1) is 36.6. The van der Waals surface area contributed by atoms with E-state index >= 15 is 0 Å². The summed E-state index contributed by atoms with van der Waals surface area (Å²) >= 11 is 0. The third kappa shape index (κ3) is 6.50. The van der Waals surface area contributed by atoms with E-state index in [0.29, 0.717) is 0 Å². The van der Waals surface area contributed by atoms with Crippen molar-refractivity contribution in [2.24, 2.45) is 0 Å². The minimum atomic E-state index is 1.10. The molecule has 0 amide bonds. The molecule has 12 aromatic rings. The molecule has 1 nitrogen and oxygen atoms in total. The Morgan fingerprint density at radius 3 is 1.43 bits per heavy atom. The van der Waals surface area contributed by atoms with Crippen LogP contribution in [0.15, 0.2) is 249 Å². The van der Waals surface area contributed by atoms with Crippen molar-refractivity contribution in [1.29, 1.82) is 0 Å². The maximum absolute atomic E-state index is 2.41. The third-order valence-electron chi connectivity index (χ3n) is 12.8. The number of nitrogens with zero attached hydrogens (tertiary/aromatic N) is 1. The first-order chi connectivity index (χ1) is 31.2. The van der Waals surface area contributed by atoms with Crippen molar-refractivity contribution in [3.8, 4) is 44.5 Å². The van der Waals surface area contributed by atoms with Crippen molar-refractivity contribution in [3.63, 3.8) is 0 Å². The Hall–Kier alpha value is -8.26. The van der Waals surface area contributed by atoms with Gasteiger partial charge in [-0.05, 0) is 147 Å². The molecule has 12 aromatic carbocycles. The van der Waals surface area contributed by atoms with Gasteiger partial charge in [-0.15, -0.1) is 0 Å². The van der Waals surface area contributed by atoms with Crippen LogP contribution in [0.5, 0.6) is 0 Å². The van der Waals surface area contributed by atoms with Crippen molar-refractivity contribution in [2.45, 2.75) is 0 Å². The second-order valence-electron chi connectivity index (χ2n) is 16.5. The molecule has 0 aromatic heterocycles. The predicted octanol–water partition coefficient (Wildman–Crippen LogP) is 17.6. The number of hydrogen-bond donors (Lipinski definition) is 0. The van der Waals surface area contributed by atoms with Gasteiger partial charge in [-0.3, -0.25) is 0 Å². The van der Waals surface area contributed by atoms with E-state index in [-0.39, 0.29) is 0 Å². The van der Waals surface area contributed by atoms with Gasteiger partial charge < -0.3 is 4.90 Å². The molecule has 0 atom stereocenters. The zero-order valence-corrected chi connectivity index (χ0v) is 34.6. The molecule has 0 unspecified atom stereocenters. The number of hydrogen-bond acceptors (Lipinski definition) is 1. The van der Waals surface area contributed by atoms with Crippen LogP contribution in [0.1, 0.15) is 0 Å². The van der Waals surface area contributed by atoms with Gasteiger partial charge in [0.15, 0.2) is 0 Å². The van der Waals surface area contributed by atoms with Crippen molar-refractivity contribution in [2.75, 3.05) is 4.90 Å². The Morgan fingerprint density at radius 2 is 0.667 bits per heavy atom. The Balaban J connectivity index is 1.000. The molecular formula is C62H41N. The highest BCUT2D eigenvalue weighted by Gasteiger charge is 2.19. The lowest BCUT2D eigenvalue weighted by Gasteiger charge is -2.27. The molecule has 294 valence electrons. The molecule has 0 radical (unpaired) electrons. The lowest BCUT2D eigenvalue weighted by atomic mass is 9.84. The average molecular weight is 800 g/mol. The van der Waals surface area contributed by atoms with Crippen LogP contribution in [0.3, 0.4) is 0 Å². The Kier molecular flexibility index (Phi) is 8.90. The number of anilines is 3. The summed E-state index contributed by atoms with van der Waals surface area (Å²) in [7, 11) is 0. The highest BCUT2D eigenvalue weighted by Crippen LogP contribution is 2.46. The summed E-state index contributed by atoms with van der Waals surface area (Å²) in [5.41, 5.74) is 13.0. The molecular weight excluding hydrogens is 759 g/mol. The molecule has 0 aliphatic carbocycles. The van der Waals surface area contributed by atoms with Gasteiger partial charge >= 0.3 is 0 Å². The van der Waals surface area contributed by atoms with Gasteiger partial charge in [-0.25, -0.2) is 0 Å². The van der Waals surface area contributed by atoms with Crippen molar-refractivity contribution in [1.82, 2.24) is 0 Å². The second kappa shape index (κ2) is 15.3. The van der Waals surface area contributed by atoms with Crippen LogP contribution in [-0.2, 0) is 0 Å². The lowest BCUT2D eigenvalue weighted by molar-refractivity contribution is 1.29. The predicted molar refractivity (Wildman–Crippen MR) is 270 cm³/mol. The number of benzene rings is 12. The standard InChI is InChI=1S/C62H41N/c1-3-16-45(17-4-1)61-59-25-12-11-24-57(59)58-37-32-50(41-60(58)62(61)46-18-5-2-6-19-46)48-21-13-22-53(40-48)63(54-35-30-42-14-7-8-20-47(42)39-54)52-33-28-43(29-34-52)49-31-36-56-51(38-49)27-26-44-15-9-10-23-55(44)56/h1-41H. The highest BCUT2D eigenvalue weighted by atomic mass is 15.1. The molecule has 12 rings (SSSR count). The summed E-state index contributed by atoms with van der Waals surface area (Å²) in [4.78, 5) is 2.39. The van der Waals surface area contributed by atoms with Gasteiger partial charge in [-0.2, -0.15) is 0 Å². The molecule has 1 heteroatoms. The van der Waals surface area contributed by atoms with Crippen LogP contribution >= 0.6 is 0 Å². The molecule has 0 heterocycles. The van der Waals surface area contributed by atoms with E-state index in [2.05, 4.69) is 254 Å². The molecule has 0 saturated heterocycles. The van der Waals surface area contributed by atoms with E-state index in [4.69, 9.17) is 0 Å². The zero-order valence-electron chi connectivity index (χ0n) is 34.6.